The van der Waals surface area contributed by atoms with Crippen LogP contribution in [0, 0.1) is 0 Å². The van der Waals surface area contributed by atoms with Crippen LogP contribution in [0.1, 0.15) is 0 Å². The van der Waals surface area contributed by atoms with E-state index in [0.717, 1.165) is 50.2 Å². The van der Waals surface area contributed by atoms with Gasteiger partial charge in [-0.2, -0.15) is 0 Å². The molecule has 212 valence electrons. The number of hydrogen-bond acceptors (Lipinski definition) is 3. The van der Waals surface area contributed by atoms with Crippen LogP contribution in [0.15, 0.2) is 168 Å². The predicted octanol–water partition coefficient (Wildman–Crippen LogP) is 11.2. The summed E-state index contributed by atoms with van der Waals surface area (Å²) in [6.45, 7) is 0. The molecular weight excluding hydrogens is 550 g/mol. The summed E-state index contributed by atoms with van der Waals surface area (Å²) in [5.74, 6) is 0.628. The molecule has 2 heterocycles. The van der Waals surface area contributed by atoms with Gasteiger partial charge in [-0.25, -0.2) is 4.98 Å². The summed E-state index contributed by atoms with van der Waals surface area (Å²) in [7, 11) is 0. The Bertz CT molecular complexity index is 2480. The zero-order valence-electron chi connectivity index (χ0n) is 24.3. The monoisotopic (exact) mass is 577 g/mol. The largest absolute Gasteiger partial charge is 0.435 e. The molecule has 45 heavy (non-hydrogen) atoms. The average molecular weight is 578 g/mol. The molecule has 0 bridgehead atoms. The number of anilines is 3. The summed E-state index contributed by atoms with van der Waals surface area (Å²) in [5.41, 5.74) is 9.33. The minimum atomic E-state index is 0.628. The van der Waals surface area contributed by atoms with Crippen molar-refractivity contribution >= 4 is 60.7 Å². The van der Waals surface area contributed by atoms with E-state index in [-0.39, 0.29) is 0 Å². The van der Waals surface area contributed by atoms with Gasteiger partial charge in [-0.3, -0.25) is 0 Å². The molecule has 2 aromatic heterocycles. The topological polar surface area (TPSA) is 34.2 Å². The number of para-hydroxylation sites is 3. The first kappa shape index (κ1) is 25.4. The van der Waals surface area contributed by atoms with Gasteiger partial charge in [0.1, 0.15) is 5.52 Å². The highest BCUT2D eigenvalue weighted by Gasteiger charge is 2.19. The third kappa shape index (κ3) is 4.19. The molecule has 0 spiro atoms. The molecule has 7 aromatic carbocycles. The molecule has 0 amide bonds. The maximum atomic E-state index is 6.43. The molecule has 0 aliphatic heterocycles. The number of rotatable bonds is 5. The molecule has 0 saturated carbocycles. The van der Waals surface area contributed by atoms with Crippen molar-refractivity contribution in [1.82, 2.24) is 9.55 Å². The minimum absolute atomic E-state index is 0.628. The first-order valence-corrected chi connectivity index (χ1v) is 15.1. The van der Waals surface area contributed by atoms with Crippen LogP contribution in [-0.4, -0.2) is 9.55 Å². The van der Waals surface area contributed by atoms with Gasteiger partial charge in [-0.15, -0.1) is 0 Å². The Labute approximate surface area is 260 Å². The fraction of sp³-hybridized carbons (Fsp3) is 0. The fourth-order valence-corrected chi connectivity index (χ4v) is 6.52. The maximum absolute atomic E-state index is 6.43. The van der Waals surface area contributed by atoms with Crippen LogP contribution < -0.4 is 4.90 Å². The highest BCUT2D eigenvalue weighted by atomic mass is 16.3. The van der Waals surface area contributed by atoms with E-state index >= 15 is 0 Å². The smallest absolute Gasteiger partial charge is 0.227 e. The van der Waals surface area contributed by atoms with Crippen molar-refractivity contribution < 1.29 is 4.42 Å². The molecule has 0 N–H and O–H groups in total. The average Bonchev–Trinajstić information content (AvgIpc) is 3.70. The van der Waals surface area contributed by atoms with Crippen LogP contribution in [0.2, 0.25) is 0 Å². The van der Waals surface area contributed by atoms with E-state index in [1.165, 1.54) is 21.8 Å². The number of nitrogens with zero attached hydrogens (tertiary/aromatic N) is 3. The van der Waals surface area contributed by atoms with E-state index in [4.69, 9.17) is 9.40 Å². The van der Waals surface area contributed by atoms with Crippen LogP contribution >= 0.6 is 0 Å². The Morgan fingerprint density at radius 3 is 1.91 bits per heavy atom. The van der Waals surface area contributed by atoms with Crippen molar-refractivity contribution in [3.05, 3.63) is 164 Å². The van der Waals surface area contributed by atoms with Crippen LogP contribution in [-0.2, 0) is 0 Å². The highest BCUT2D eigenvalue weighted by molar-refractivity contribution is 6.11. The summed E-state index contributed by atoms with van der Waals surface area (Å²) >= 11 is 0. The molecule has 9 aromatic rings. The van der Waals surface area contributed by atoms with E-state index in [0.29, 0.717) is 5.89 Å². The van der Waals surface area contributed by atoms with E-state index in [1.54, 1.807) is 0 Å². The number of oxazole rings is 1. The van der Waals surface area contributed by atoms with Gasteiger partial charge in [0, 0.05) is 44.5 Å². The summed E-state index contributed by atoms with van der Waals surface area (Å²) in [6, 6.07) is 57.4. The van der Waals surface area contributed by atoms with Gasteiger partial charge >= 0.3 is 0 Å². The second kappa shape index (κ2) is 10.2. The van der Waals surface area contributed by atoms with E-state index in [9.17, 15) is 0 Å². The van der Waals surface area contributed by atoms with E-state index in [2.05, 4.69) is 137 Å². The van der Waals surface area contributed by atoms with Gasteiger partial charge in [-0.1, -0.05) is 84.9 Å². The standard InChI is InChI=1S/C41H27N3O/c1-4-12-29(13-5-1)41-42-37-24-21-28-20-22-32(26-35(28)40(37)45-41)43(30-14-6-2-7-15-30)33-23-25-39-36(27-33)34-18-10-11-19-38(34)44(39)31-16-8-3-9-17-31/h1-27H. The fourth-order valence-electron chi connectivity index (χ4n) is 6.52. The van der Waals surface area contributed by atoms with Crippen molar-refractivity contribution in [1.29, 1.82) is 0 Å². The van der Waals surface area contributed by atoms with Crippen molar-refractivity contribution in [2.75, 3.05) is 4.90 Å². The van der Waals surface area contributed by atoms with Crippen LogP contribution in [0.3, 0.4) is 0 Å². The normalized spacial score (nSPS) is 11.6. The third-order valence-corrected chi connectivity index (χ3v) is 8.58. The molecule has 0 aliphatic carbocycles. The second-order valence-corrected chi connectivity index (χ2v) is 11.3. The Morgan fingerprint density at radius 1 is 0.489 bits per heavy atom. The molecule has 0 fully saturated rings. The lowest BCUT2D eigenvalue weighted by atomic mass is 10.1. The van der Waals surface area contributed by atoms with Gasteiger partial charge in [0.15, 0.2) is 5.58 Å². The molecular formula is C41H27N3O. The van der Waals surface area contributed by atoms with Crippen molar-refractivity contribution in [2.45, 2.75) is 0 Å². The minimum Gasteiger partial charge on any atom is -0.435 e. The first-order chi connectivity index (χ1) is 22.3. The Kier molecular flexibility index (Phi) is 5.78. The van der Waals surface area contributed by atoms with Gasteiger partial charge in [-0.05, 0) is 84.2 Å². The molecule has 0 aliphatic rings. The van der Waals surface area contributed by atoms with Crippen molar-refractivity contribution in [2.24, 2.45) is 0 Å². The lowest BCUT2D eigenvalue weighted by Gasteiger charge is -2.26. The zero-order valence-corrected chi connectivity index (χ0v) is 24.3. The molecule has 4 heteroatoms. The van der Waals surface area contributed by atoms with E-state index < -0.39 is 0 Å². The van der Waals surface area contributed by atoms with Gasteiger partial charge in [0.05, 0.1) is 11.0 Å². The summed E-state index contributed by atoms with van der Waals surface area (Å²) in [5, 5.41) is 4.57. The zero-order chi connectivity index (χ0) is 29.7. The quantitative estimate of drug-likeness (QED) is 0.204. The Morgan fingerprint density at radius 2 is 1.11 bits per heavy atom. The Balaban J connectivity index is 1.26. The Hall–Kier alpha value is -6.13. The molecule has 0 unspecified atom stereocenters. The summed E-state index contributed by atoms with van der Waals surface area (Å²) < 4.78 is 8.78. The third-order valence-electron chi connectivity index (χ3n) is 8.58. The van der Waals surface area contributed by atoms with Crippen LogP contribution in [0.4, 0.5) is 17.1 Å². The van der Waals surface area contributed by atoms with Crippen molar-refractivity contribution in [3.8, 4) is 17.1 Å². The van der Waals surface area contributed by atoms with Gasteiger partial charge in [0.25, 0.3) is 0 Å². The number of aromatic nitrogens is 2. The summed E-state index contributed by atoms with van der Waals surface area (Å²) in [6.07, 6.45) is 0. The first-order valence-electron chi connectivity index (χ1n) is 15.1. The number of fused-ring (bicyclic) bond motifs is 6. The van der Waals surface area contributed by atoms with Gasteiger partial charge in [0.2, 0.25) is 5.89 Å². The molecule has 0 saturated heterocycles. The maximum Gasteiger partial charge on any atom is 0.227 e. The molecule has 4 nitrogen and oxygen atoms in total. The molecule has 0 radical (unpaired) electrons. The predicted molar refractivity (Wildman–Crippen MR) is 186 cm³/mol. The number of benzene rings is 7. The van der Waals surface area contributed by atoms with Crippen LogP contribution in [0.5, 0.6) is 0 Å². The highest BCUT2D eigenvalue weighted by Crippen LogP contribution is 2.41. The molecule has 9 rings (SSSR count). The van der Waals surface area contributed by atoms with E-state index in [1.807, 2.05) is 36.4 Å². The lowest BCUT2D eigenvalue weighted by Crippen LogP contribution is -2.09. The number of hydrogen-bond donors (Lipinski definition) is 0. The van der Waals surface area contributed by atoms with Crippen molar-refractivity contribution in [3.63, 3.8) is 0 Å². The molecule has 0 atom stereocenters. The van der Waals surface area contributed by atoms with Crippen LogP contribution in [0.25, 0.3) is 60.8 Å². The van der Waals surface area contributed by atoms with Gasteiger partial charge < -0.3 is 13.9 Å². The second-order valence-electron chi connectivity index (χ2n) is 11.3. The summed E-state index contributed by atoms with van der Waals surface area (Å²) in [4.78, 5) is 7.15. The SMILES string of the molecule is c1ccc(-c2nc3ccc4ccc(N(c5ccccc5)c5ccc6c(c5)c5ccccc5n6-c5ccccc5)cc4c3o2)cc1. The lowest BCUT2D eigenvalue weighted by molar-refractivity contribution is 0.623.